The van der Waals surface area contributed by atoms with Gasteiger partial charge in [0, 0.05) is 6.92 Å². The van der Waals surface area contributed by atoms with Crippen LogP contribution < -0.4 is 11.5 Å². The van der Waals surface area contributed by atoms with Gasteiger partial charge >= 0.3 is 0 Å². The third-order valence-electron chi connectivity index (χ3n) is 2.77. The fourth-order valence-electron chi connectivity index (χ4n) is 1.69. The molecule has 1 aromatic carbocycles. The van der Waals surface area contributed by atoms with Gasteiger partial charge in [-0.15, -0.1) is 0 Å². The molecule has 6 heteroatoms. The van der Waals surface area contributed by atoms with Gasteiger partial charge in [0.05, 0.1) is 6.57 Å². The first-order valence-electron chi connectivity index (χ1n) is 6.11. The van der Waals surface area contributed by atoms with E-state index in [0.29, 0.717) is 11.4 Å². The van der Waals surface area contributed by atoms with Crippen LogP contribution in [0.4, 0.5) is 17.3 Å². The molecule has 21 heavy (non-hydrogen) atoms. The highest BCUT2D eigenvalue weighted by atomic mass is 16.1. The zero-order valence-corrected chi connectivity index (χ0v) is 11.4. The zero-order valence-electron chi connectivity index (χ0n) is 11.4. The number of nitrogen functional groups attached to an aromatic ring is 2. The Kier molecular flexibility index (Phi) is 3.95. The Morgan fingerprint density at radius 1 is 1.14 bits per heavy atom. The highest BCUT2D eigenvalue weighted by Gasteiger charge is 2.11. The molecule has 0 aliphatic carbocycles. The second kappa shape index (κ2) is 5.84. The molecule has 0 unspecified atom stereocenters. The van der Waals surface area contributed by atoms with Gasteiger partial charge in [-0.25, -0.2) is 14.8 Å². The first-order valence-corrected chi connectivity index (χ1v) is 6.11. The zero-order chi connectivity index (χ0) is 15.4. The minimum Gasteiger partial charge on any atom is -0.382 e. The fraction of sp³-hybridized carbons (Fsp3) is 0.0667. The monoisotopic (exact) mass is 279 g/mol. The van der Waals surface area contributed by atoms with Crippen LogP contribution in [-0.2, 0) is 0 Å². The number of nitrogens with two attached hydrogens (primary N) is 2. The predicted octanol–water partition coefficient (Wildman–Crippen LogP) is 2.56. The lowest BCUT2D eigenvalue weighted by Gasteiger charge is -2.04. The Morgan fingerprint density at radius 2 is 1.81 bits per heavy atom. The van der Waals surface area contributed by atoms with E-state index in [9.17, 15) is 4.79 Å². The van der Waals surface area contributed by atoms with Gasteiger partial charge in [0.25, 0.3) is 0 Å². The molecular formula is C15H13N5O. The normalized spacial score (nSPS) is 10.5. The number of hydrogen-bond donors (Lipinski definition) is 2. The van der Waals surface area contributed by atoms with E-state index in [1.54, 1.807) is 36.4 Å². The molecule has 4 N–H and O–H groups in total. The van der Waals surface area contributed by atoms with Gasteiger partial charge in [0.2, 0.25) is 0 Å². The maximum absolute atomic E-state index is 11.3. The summed E-state index contributed by atoms with van der Waals surface area (Å²) in [4.78, 5) is 22.6. The highest BCUT2D eigenvalue weighted by molar-refractivity contribution is 5.97. The van der Waals surface area contributed by atoms with E-state index < -0.39 is 0 Å². The van der Waals surface area contributed by atoms with Crippen LogP contribution in [0, 0.1) is 6.57 Å². The summed E-state index contributed by atoms with van der Waals surface area (Å²) in [5, 5.41) is 0. The molecule has 0 aliphatic rings. The third kappa shape index (κ3) is 3.22. The van der Waals surface area contributed by atoms with Crippen molar-refractivity contribution in [3.63, 3.8) is 0 Å². The predicted molar refractivity (Wildman–Crippen MR) is 82.5 cm³/mol. The molecular weight excluding hydrogens is 266 g/mol. The first-order chi connectivity index (χ1) is 10.0. The molecule has 0 spiro atoms. The molecule has 0 fully saturated rings. The SMILES string of the molecule is [C-]#[N+]c1ccc(/C=C/c2nc(N)c(C(C)=O)nc2N)cc1. The van der Waals surface area contributed by atoms with E-state index in [2.05, 4.69) is 14.8 Å². The van der Waals surface area contributed by atoms with Crippen LogP contribution in [0.1, 0.15) is 28.7 Å². The summed E-state index contributed by atoms with van der Waals surface area (Å²) in [6, 6.07) is 7.05. The molecule has 104 valence electrons. The maximum atomic E-state index is 11.3. The summed E-state index contributed by atoms with van der Waals surface area (Å²) in [6.07, 6.45) is 3.44. The van der Waals surface area contributed by atoms with Crippen molar-refractivity contribution in [3.8, 4) is 0 Å². The van der Waals surface area contributed by atoms with Crippen LogP contribution in [0.2, 0.25) is 0 Å². The topological polar surface area (TPSA) is 99.2 Å². The lowest BCUT2D eigenvalue weighted by atomic mass is 10.2. The van der Waals surface area contributed by atoms with Gasteiger partial charge in [0.1, 0.15) is 11.5 Å². The Hall–Kier alpha value is -3.20. The summed E-state index contributed by atoms with van der Waals surface area (Å²) < 4.78 is 0. The molecule has 2 aromatic rings. The highest BCUT2D eigenvalue weighted by Crippen LogP contribution is 2.18. The van der Waals surface area contributed by atoms with E-state index in [1.165, 1.54) is 6.92 Å². The number of nitrogens with zero attached hydrogens (tertiary/aromatic N) is 3. The molecule has 0 radical (unpaired) electrons. The number of Topliss-reactive ketones (excluding diaryl/α,β-unsaturated/α-hetero) is 1. The smallest absolute Gasteiger partial charge is 0.187 e. The number of hydrogen-bond acceptors (Lipinski definition) is 5. The van der Waals surface area contributed by atoms with Crippen molar-refractivity contribution in [2.45, 2.75) is 6.92 Å². The number of aromatic nitrogens is 2. The van der Waals surface area contributed by atoms with Crippen LogP contribution in [-0.4, -0.2) is 15.8 Å². The van der Waals surface area contributed by atoms with E-state index in [1.807, 2.05) is 0 Å². The van der Waals surface area contributed by atoms with E-state index in [0.717, 1.165) is 5.56 Å². The Labute approximate surface area is 122 Å². The van der Waals surface area contributed by atoms with Crippen LogP contribution in [0.25, 0.3) is 17.0 Å². The molecule has 0 amide bonds. The van der Waals surface area contributed by atoms with E-state index >= 15 is 0 Å². The lowest BCUT2D eigenvalue weighted by molar-refractivity contribution is 0.101. The Morgan fingerprint density at radius 3 is 2.38 bits per heavy atom. The van der Waals surface area contributed by atoms with E-state index in [4.69, 9.17) is 18.0 Å². The van der Waals surface area contributed by atoms with Gasteiger partial charge in [-0.3, -0.25) is 4.79 Å². The Balaban J connectivity index is 2.30. The van der Waals surface area contributed by atoms with Gasteiger partial charge in [-0.1, -0.05) is 30.3 Å². The lowest BCUT2D eigenvalue weighted by Crippen LogP contribution is -2.10. The second-order valence-corrected chi connectivity index (χ2v) is 4.32. The van der Waals surface area contributed by atoms with Crippen molar-refractivity contribution in [3.05, 3.63) is 52.6 Å². The van der Waals surface area contributed by atoms with Crippen molar-refractivity contribution in [2.24, 2.45) is 0 Å². The van der Waals surface area contributed by atoms with Crippen LogP contribution >= 0.6 is 0 Å². The number of rotatable bonds is 3. The van der Waals surface area contributed by atoms with Crippen molar-refractivity contribution in [2.75, 3.05) is 11.5 Å². The van der Waals surface area contributed by atoms with Gasteiger partial charge < -0.3 is 11.5 Å². The summed E-state index contributed by atoms with van der Waals surface area (Å²) in [6.45, 7) is 8.24. The maximum Gasteiger partial charge on any atom is 0.187 e. The summed E-state index contributed by atoms with van der Waals surface area (Å²) in [7, 11) is 0. The largest absolute Gasteiger partial charge is 0.382 e. The third-order valence-corrected chi connectivity index (χ3v) is 2.77. The number of ketones is 1. The van der Waals surface area contributed by atoms with Gasteiger partial charge in [0.15, 0.2) is 23.0 Å². The van der Waals surface area contributed by atoms with Crippen LogP contribution in [0.3, 0.4) is 0 Å². The van der Waals surface area contributed by atoms with E-state index in [-0.39, 0.29) is 23.1 Å². The fourth-order valence-corrected chi connectivity index (χ4v) is 1.69. The first kappa shape index (κ1) is 14.2. The van der Waals surface area contributed by atoms with Gasteiger partial charge in [-0.05, 0) is 11.6 Å². The van der Waals surface area contributed by atoms with Gasteiger partial charge in [-0.2, -0.15) is 0 Å². The minimum atomic E-state index is -0.281. The average molecular weight is 279 g/mol. The van der Waals surface area contributed by atoms with Crippen LogP contribution in [0.15, 0.2) is 24.3 Å². The van der Waals surface area contributed by atoms with Crippen LogP contribution in [0.5, 0.6) is 0 Å². The molecule has 0 aliphatic heterocycles. The van der Waals surface area contributed by atoms with Crippen molar-refractivity contribution in [1.82, 2.24) is 9.97 Å². The number of benzene rings is 1. The molecule has 0 atom stereocenters. The summed E-state index contributed by atoms with van der Waals surface area (Å²) >= 11 is 0. The average Bonchev–Trinajstić information content (AvgIpc) is 2.48. The molecule has 1 aromatic heterocycles. The number of carbonyl (C=O) groups excluding carboxylic acids is 1. The quantitative estimate of drug-likeness (QED) is 0.664. The standard InChI is InChI=1S/C15H13N5O/c1-9(21)13-15(17)19-12(14(16)20-13)8-5-10-3-6-11(18-2)7-4-10/h3-8H,1H3,(H2,16,20)(H2,17,19)/b8-5+. The summed E-state index contributed by atoms with van der Waals surface area (Å²) in [5.41, 5.74) is 13.4. The number of anilines is 2. The van der Waals surface area contributed by atoms with Crippen molar-refractivity contribution >= 4 is 35.3 Å². The van der Waals surface area contributed by atoms with Crippen molar-refractivity contribution < 1.29 is 4.79 Å². The molecule has 1 heterocycles. The summed E-state index contributed by atoms with van der Waals surface area (Å²) in [5.74, 6) is -0.0832. The second-order valence-electron chi connectivity index (χ2n) is 4.32. The minimum absolute atomic E-state index is 0.0553. The molecule has 6 nitrogen and oxygen atoms in total. The van der Waals surface area contributed by atoms with Crippen molar-refractivity contribution in [1.29, 1.82) is 0 Å². The molecule has 0 saturated carbocycles. The Bertz CT molecular complexity index is 757. The molecule has 2 rings (SSSR count). The number of carbonyl (C=O) groups is 1. The molecule has 0 bridgehead atoms. The molecule has 0 saturated heterocycles.